The van der Waals surface area contributed by atoms with E-state index in [4.69, 9.17) is 9.47 Å². The molecule has 2 atom stereocenters. The highest BCUT2D eigenvalue weighted by Gasteiger charge is 2.40. The standard InChI is InChI=1S/C15H19NO5/c1-20-10-12-7-16(8-13(12)14(17)18)15(19)21-9-11-5-3-2-4-6-11/h2-6,12-13H,7-10H2,1H3,(H,17,18). The van der Waals surface area contributed by atoms with Gasteiger partial charge in [0.25, 0.3) is 0 Å². The van der Waals surface area contributed by atoms with Crippen LogP contribution in [0, 0.1) is 11.8 Å². The minimum absolute atomic E-state index is 0.164. The number of ether oxygens (including phenoxy) is 2. The number of methoxy groups -OCH3 is 1. The zero-order valence-corrected chi connectivity index (χ0v) is 11.9. The average molecular weight is 293 g/mol. The lowest BCUT2D eigenvalue weighted by Gasteiger charge is -2.16. The van der Waals surface area contributed by atoms with Crippen molar-refractivity contribution < 1.29 is 24.2 Å². The smallest absolute Gasteiger partial charge is 0.410 e. The first-order chi connectivity index (χ1) is 10.1. The highest BCUT2D eigenvalue weighted by molar-refractivity contribution is 5.74. The summed E-state index contributed by atoms with van der Waals surface area (Å²) in [6, 6.07) is 9.36. The van der Waals surface area contributed by atoms with Crippen LogP contribution in [0.15, 0.2) is 30.3 Å². The van der Waals surface area contributed by atoms with Gasteiger partial charge >= 0.3 is 12.1 Å². The van der Waals surface area contributed by atoms with Gasteiger partial charge in [0.1, 0.15) is 6.61 Å². The third-order valence-electron chi connectivity index (χ3n) is 3.60. The van der Waals surface area contributed by atoms with E-state index in [1.54, 1.807) is 0 Å². The van der Waals surface area contributed by atoms with E-state index < -0.39 is 18.0 Å². The third-order valence-corrected chi connectivity index (χ3v) is 3.60. The first-order valence-corrected chi connectivity index (χ1v) is 6.79. The van der Waals surface area contributed by atoms with Gasteiger partial charge < -0.3 is 19.5 Å². The SMILES string of the molecule is COCC1CN(C(=O)OCc2ccccc2)CC1C(=O)O. The first kappa shape index (κ1) is 15.3. The summed E-state index contributed by atoms with van der Waals surface area (Å²) >= 11 is 0. The fraction of sp³-hybridized carbons (Fsp3) is 0.467. The van der Waals surface area contributed by atoms with Crippen molar-refractivity contribution in [2.24, 2.45) is 11.8 Å². The number of hydrogen-bond donors (Lipinski definition) is 1. The number of likely N-dealkylation sites (tertiary alicyclic amines) is 1. The molecule has 0 spiro atoms. The predicted molar refractivity (Wildman–Crippen MR) is 74.7 cm³/mol. The number of aliphatic carboxylic acids is 1. The molecular formula is C15H19NO5. The zero-order valence-electron chi connectivity index (χ0n) is 11.9. The van der Waals surface area contributed by atoms with Crippen molar-refractivity contribution in [3.8, 4) is 0 Å². The Morgan fingerprint density at radius 1 is 1.29 bits per heavy atom. The Labute approximate surface area is 123 Å². The molecule has 6 nitrogen and oxygen atoms in total. The van der Waals surface area contributed by atoms with E-state index in [-0.39, 0.29) is 19.1 Å². The van der Waals surface area contributed by atoms with Crippen LogP contribution in [0.1, 0.15) is 5.56 Å². The van der Waals surface area contributed by atoms with E-state index in [1.807, 2.05) is 30.3 Å². The number of hydrogen-bond acceptors (Lipinski definition) is 4. The summed E-state index contributed by atoms with van der Waals surface area (Å²) in [4.78, 5) is 24.6. The van der Waals surface area contributed by atoms with Gasteiger partial charge in [-0.25, -0.2) is 4.79 Å². The van der Waals surface area contributed by atoms with Crippen LogP contribution in [-0.2, 0) is 20.9 Å². The molecule has 1 saturated heterocycles. The fourth-order valence-corrected chi connectivity index (χ4v) is 2.49. The lowest BCUT2D eigenvalue weighted by molar-refractivity contribution is -0.143. The average Bonchev–Trinajstić information content (AvgIpc) is 2.90. The lowest BCUT2D eigenvalue weighted by Crippen LogP contribution is -2.30. The van der Waals surface area contributed by atoms with Crippen molar-refractivity contribution in [2.45, 2.75) is 6.61 Å². The van der Waals surface area contributed by atoms with Crippen LogP contribution in [0.3, 0.4) is 0 Å². The first-order valence-electron chi connectivity index (χ1n) is 6.79. The molecule has 1 amide bonds. The molecule has 2 unspecified atom stereocenters. The van der Waals surface area contributed by atoms with Gasteiger partial charge in [0.15, 0.2) is 0 Å². The van der Waals surface area contributed by atoms with Crippen LogP contribution < -0.4 is 0 Å². The van der Waals surface area contributed by atoms with E-state index in [2.05, 4.69) is 0 Å². The molecule has 6 heteroatoms. The number of benzene rings is 1. The number of nitrogens with zero attached hydrogens (tertiary/aromatic N) is 1. The maximum absolute atomic E-state index is 12.0. The minimum Gasteiger partial charge on any atom is -0.481 e. The van der Waals surface area contributed by atoms with Crippen LogP contribution >= 0.6 is 0 Å². The van der Waals surface area contributed by atoms with Gasteiger partial charge in [-0.1, -0.05) is 30.3 Å². The topological polar surface area (TPSA) is 76.1 Å². The summed E-state index contributed by atoms with van der Waals surface area (Å²) < 4.78 is 10.2. The van der Waals surface area contributed by atoms with Crippen molar-refractivity contribution in [1.82, 2.24) is 4.90 Å². The molecule has 0 aromatic heterocycles. The Kier molecular flexibility index (Phi) is 5.16. The summed E-state index contributed by atoms with van der Waals surface area (Å²) in [6.45, 7) is 1.01. The molecule has 2 rings (SSSR count). The number of carbonyl (C=O) groups excluding carboxylic acids is 1. The molecule has 114 valence electrons. The van der Waals surface area contributed by atoms with Crippen LogP contribution in [0.2, 0.25) is 0 Å². The number of amides is 1. The van der Waals surface area contributed by atoms with E-state index in [9.17, 15) is 14.7 Å². The van der Waals surface area contributed by atoms with Crippen molar-refractivity contribution in [3.63, 3.8) is 0 Å². The van der Waals surface area contributed by atoms with E-state index in [0.717, 1.165) is 5.56 Å². The molecule has 0 bridgehead atoms. The van der Waals surface area contributed by atoms with Crippen molar-refractivity contribution in [3.05, 3.63) is 35.9 Å². The van der Waals surface area contributed by atoms with Gasteiger partial charge in [-0.15, -0.1) is 0 Å². The Morgan fingerprint density at radius 3 is 2.62 bits per heavy atom. The van der Waals surface area contributed by atoms with Gasteiger partial charge in [0, 0.05) is 26.1 Å². The Bertz CT molecular complexity index is 490. The number of carboxylic acids is 1. The monoisotopic (exact) mass is 293 g/mol. The second-order valence-electron chi connectivity index (χ2n) is 5.11. The van der Waals surface area contributed by atoms with Crippen LogP contribution in [0.4, 0.5) is 4.79 Å². The van der Waals surface area contributed by atoms with Crippen molar-refractivity contribution in [2.75, 3.05) is 26.8 Å². The van der Waals surface area contributed by atoms with Crippen molar-refractivity contribution >= 4 is 12.1 Å². The third kappa shape index (κ3) is 3.95. The second-order valence-corrected chi connectivity index (χ2v) is 5.11. The van der Waals surface area contributed by atoms with Crippen LogP contribution in [-0.4, -0.2) is 48.9 Å². The number of carbonyl (C=O) groups is 2. The van der Waals surface area contributed by atoms with Gasteiger partial charge in [0.2, 0.25) is 0 Å². The van der Waals surface area contributed by atoms with E-state index in [1.165, 1.54) is 12.0 Å². The van der Waals surface area contributed by atoms with Gasteiger partial charge in [-0.05, 0) is 5.56 Å². The zero-order chi connectivity index (χ0) is 15.2. The molecule has 0 radical (unpaired) electrons. The molecule has 21 heavy (non-hydrogen) atoms. The summed E-state index contributed by atoms with van der Waals surface area (Å²) in [7, 11) is 1.52. The molecule has 1 N–H and O–H groups in total. The van der Waals surface area contributed by atoms with Gasteiger partial charge in [0.05, 0.1) is 12.5 Å². The maximum Gasteiger partial charge on any atom is 0.410 e. The largest absolute Gasteiger partial charge is 0.481 e. The molecule has 1 aromatic carbocycles. The van der Waals surface area contributed by atoms with Crippen LogP contribution in [0.25, 0.3) is 0 Å². The normalized spacial score (nSPS) is 21.3. The minimum atomic E-state index is -0.907. The van der Waals surface area contributed by atoms with Crippen LogP contribution in [0.5, 0.6) is 0 Å². The number of rotatable bonds is 5. The van der Waals surface area contributed by atoms with Gasteiger partial charge in [-0.2, -0.15) is 0 Å². The van der Waals surface area contributed by atoms with Crippen molar-refractivity contribution in [1.29, 1.82) is 0 Å². The Hall–Kier alpha value is -2.08. The van der Waals surface area contributed by atoms with E-state index >= 15 is 0 Å². The Morgan fingerprint density at radius 2 is 2.00 bits per heavy atom. The molecule has 1 heterocycles. The summed E-state index contributed by atoms with van der Waals surface area (Å²) in [5, 5.41) is 9.18. The summed E-state index contributed by atoms with van der Waals surface area (Å²) in [6.07, 6.45) is -0.483. The molecule has 1 fully saturated rings. The fourth-order valence-electron chi connectivity index (χ4n) is 2.49. The molecule has 1 aromatic rings. The predicted octanol–water partition coefficient (Wildman–Crippen LogP) is 1.60. The van der Waals surface area contributed by atoms with E-state index in [0.29, 0.717) is 13.2 Å². The maximum atomic E-state index is 12.0. The summed E-state index contributed by atoms with van der Waals surface area (Å²) in [5.74, 6) is -1.71. The highest BCUT2D eigenvalue weighted by atomic mass is 16.6. The Balaban J connectivity index is 1.89. The molecule has 1 aliphatic rings. The van der Waals surface area contributed by atoms with Gasteiger partial charge in [-0.3, -0.25) is 4.79 Å². The molecule has 0 aliphatic carbocycles. The summed E-state index contributed by atoms with van der Waals surface area (Å²) in [5.41, 5.74) is 0.897. The molecule has 0 saturated carbocycles. The lowest BCUT2D eigenvalue weighted by atomic mass is 9.97. The quantitative estimate of drug-likeness (QED) is 0.892. The number of carboxylic acid groups (broad SMARTS) is 1. The second kappa shape index (κ2) is 7.08. The highest BCUT2D eigenvalue weighted by Crippen LogP contribution is 2.24. The molecular weight excluding hydrogens is 274 g/mol. The molecule has 1 aliphatic heterocycles.